The van der Waals surface area contributed by atoms with Crippen molar-refractivity contribution in [2.75, 3.05) is 13.7 Å². The Labute approximate surface area is 90.4 Å². The summed E-state index contributed by atoms with van der Waals surface area (Å²) in [5.74, 6) is -3.59. The maximum atomic E-state index is 13.2. The molecule has 88 valence electrons. The zero-order valence-corrected chi connectivity index (χ0v) is 8.63. The summed E-state index contributed by atoms with van der Waals surface area (Å²) in [5.41, 5.74) is 3.89. The zero-order valence-electron chi connectivity index (χ0n) is 8.63. The van der Waals surface area contributed by atoms with E-state index in [0.717, 1.165) is 0 Å². The molecule has 1 atom stereocenters. The summed E-state index contributed by atoms with van der Waals surface area (Å²) in [6, 6.07) is 2.66. The van der Waals surface area contributed by atoms with E-state index in [-0.39, 0.29) is 24.5 Å². The molecule has 1 unspecified atom stereocenters. The van der Waals surface area contributed by atoms with Gasteiger partial charge in [0.2, 0.25) is 5.76 Å². The molecule has 6 heteroatoms. The van der Waals surface area contributed by atoms with Crippen LogP contribution in [0.3, 0.4) is 0 Å². The third-order valence-electron chi connectivity index (χ3n) is 2.91. The summed E-state index contributed by atoms with van der Waals surface area (Å²) in [4.78, 5) is 11.1. The fraction of sp³-hybridized carbons (Fsp3) is 0.500. The van der Waals surface area contributed by atoms with E-state index in [1.807, 2.05) is 0 Å². The molecule has 1 aromatic rings. The Balaban J connectivity index is 2.29. The number of halogens is 2. The second-order valence-electron chi connectivity index (χ2n) is 3.82. The van der Waals surface area contributed by atoms with Crippen LogP contribution >= 0.6 is 0 Å². The van der Waals surface area contributed by atoms with Crippen LogP contribution in [-0.4, -0.2) is 25.5 Å². The van der Waals surface area contributed by atoms with Crippen molar-refractivity contribution >= 4 is 5.97 Å². The highest BCUT2D eigenvalue weighted by Crippen LogP contribution is 2.61. The molecule has 0 bridgehead atoms. The molecule has 0 aromatic carbocycles. The van der Waals surface area contributed by atoms with Crippen LogP contribution in [0.5, 0.6) is 0 Å². The molecule has 1 heterocycles. The largest absolute Gasteiger partial charge is 0.463 e. The average Bonchev–Trinajstić information content (AvgIpc) is 2.68. The molecule has 4 nitrogen and oxygen atoms in total. The lowest BCUT2D eigenvalue weighted by molar-refractivity contribution is 0.0550. The lowest BCUT2D eigenvalue weighted by Crippen LogP contribution is -2.26. The first kappa shape index (κ1) is 11.1. The van der Waals surface area contributed by atoms with Crippen LogP contribution in [0.1, 0.15) is 22.7 Å². The van der Waals surface area contributed by atoms with E-state index in [1.165, 1.54) is 19.2 Å². The molecule has 2 N–H and O–H groups in total. The van der Waals surface area contributed by atoms with E-state index in [0.29, 0.717) is 0 Å². The summed E-state index contributed by atoms with van der Waals surface area (Å²) in [7, 11) is 1.19. The monoisotopic (exact) mass is 231 g/mol. The van der Waals surface area contributed by atoms with Crippen LogP contribution in [0.25, 0.3) is 0 Å². The van der Waals surface area contributed by atoms with Crippen molar-refractivity contribution in [1.29, 1.82) is 0 Å². The highest BCUT2D eigenvalue weighted by atomic mass is 19.3. The Morgan fingerprint density at radius 3 is 2.69 bits per heavy atom. The number of carbonyl (C=O) groups is 1. The van der Waals surface area contributed by atoms with Crippen molar-refractivity contribution in [3.05, 3.63) is 23.7 Å². The van der Waals surface area contributed by atoms with Crippen molar-refractivity contribution < 1.29 is 22.7 Å². The summed E-state index contributed by atoms with van der Waals surface area (Å²) in [5, 5.41) is 0. The van der Waals surface area contributed by atoms with E-state index in [2.05, 4.69) is 4.74 Å². The number of nitrogens with two attached hydrogens (primary N) is 1. The van der Waals surface area contributed by atoms with Crippen molar-refractivity contribution in [2.24, 2.45) is 5.73 Å². The van der Waals surface area contributed by atoms with E-state index in [9.17, 15) is 13.6 Å². The molecular formula is C10H11F2NO3. The van der Waals surface area contributed by atoms with Gasteiger partial charge in [0, 0.05) is 13.0 Å². The first-order valence-electron chi connectivity index (χ1n) is 4.73. The Morgan fingerprint density at radius 1 is 1.62 bits per heavy atom. The molecule has 0 saturated heterocycles. The smallest absolute Gasteiger partial charge is 0.373 e. The minimum absolute atomic E-state index is 0.0420. The fourth-order valence-corrected chi connectivity index (χ4v) is 1.73. The minimum Gasteiger partial charge on any atom is -0.463 e. The molecule has 0 aliphatic heterocycles. The van der Waals surface area contributed by atoms with E-state index in [1.54, 1.807) is 0 Å². The van der Waals surface area contributed by atoms with Gasteiger partial charge in [0.05, 0.1) is 7.11 Å². The van der Waals surface area contributed by atoms with E-state index < -0.39 is 17.3 Å². The van der Waals surface area contributed by atoms with Crippen LogP contribution in [0.2, 0.25) is 0 Å². The molecule has 2 rings (SSSR count). The second kappa shape index (κ2) is 3.28. The quantitative estimate of drug-likeness (QED) is 0.796. The molecule has 1 fully saturated rings. The van der Waals surface area contributed by atoms with Crippen LogP contribution in [0.15, 0.2) is 16.5 Å². The first-order chi connectivity index (χ1) is 7.47. The zero-order chi connectivity index (χ0) is 12.0. The lowest BCUT2D eigenvalue weighted by Gasteiger charge is -2.09. The van der Waals surface area contributed by atoms with E-state index >= 15 is 0 Å². The number of hydrogen-bond donors (Lipinski definition) is 1. The Morgan fingerprint density at radius 2 is 2.25 bits per heavy atom. The van der Waals surface area contributed by atoms with Crippen LogP contribution in [0.4, 0.5) is 8.78 Å². The van der Waals surface area contributed by atoms with Gasteiger partial charge in [-0.25, -0.2) is 13.6 Å². The molecule has 0 radical (unpaired) electrons. The Kier molecular flexibility index (Phi) is 2.27. The number of hydrogen-bond acceptors (Lipinski definition) is 4. The van der Waals surface area contributed by atoms with Crippen molar-refractivity contribution in [3.63, 3.8) is 0 Å². The minimum atomic E-state index is -2.85. The first-order valence-corrected chi connectivity index (χ1v) is 4.73. The third kappa shape index (κ3) is 1.33. The number of ether oxygens (including phenoxy) is 1. The van der Waals surface area contributed by atoms with Crippen LogP contribution in [0, 0.1) is 0 Å². The molecule has 1 aromatic heterocycles. The van der Waals surface area contributed by atoms with Gasteiger partial charge < -0.3 is 14.9 Å². The summed E-state index contributed by atoms with van der Waals surface area (Å²) < 4.78 is 35.8. The van der Waals surface area contributed by atoms with Gasteiger partial charge in [-0.15, -0.1) is 0 Å². The van der Waals surface area contributed by atoms with Gasteiger partial charge in [0.25, 0.3) is 5.92 Å². The van der Waals surface area contributed by atoms with Gasteiger partial charge in [-0.2, -0.15) is 0 Å². The molecule has 0 spiro atoms. The van der Waals surface area contributed by atoms with Gasteiger partial charge in [-0.3, -0.25) is 0 Å². The number of rotatable bonds is 3. The van der Waals surface area contributed by atoms with Crippen molar-refractivity contribution in [3.8, 4) is 0 Å². The molecule has 0 amide bonds. The predicted molar refractivity (Wildman–Crippen MR) is 50.3 cm³/mol. The highest BCUT2D eigenvalue weighted by molar-refractivity contribution is 5.86. The highest BCUT2D eigenvalue weighted by Gasteiger charge is 2.73. The second-order valence-corrected chi connectivity index (χ2v) is 3.82. The number of alkyl halides is 2. The molecule has 1 aliphatic rings. The molecule has 1 aliphatic carbocycles. The number of methoxy groups -OCH3 is 1. The summed E-state index contributed by atoms with van der Waals surface area (Å²) in [6.45, 7) is -0.214. The maximum Gasteiger partial charge on any atom is 0.373 e. The fourth-order valence-electron chi connectivity index (χ4n) is 1.73. The summed E-state index contributed by atoms with van der Waals surface area (Å²) in [6.07, 6.45) is -0.343. The van der Waals surface area contributed by atoms with E-state index in [4.69, 9.17) is 10.2 Å². The van der Waals surface area contributed by atoms with Crippen molar-refractivity contribution in [2.45, 2.75) is 17.8 Å². The number of furan rings is 1. The Bertz CT molecular complexity index is 429. The van der Waals surface area contributed by atoms with Gasteiger partial charge in [-0.1, -0.05) is 0 Å². The SMILES string of the molecule is COC(=O)c1ccc(C2(CN)CC2(F)F)o1. The van der Waals surface area contributed by atoms with Gasteiger partial charge in [0.1, 0.15) is 11.2 Å². The average molecular weight is 231 g/mol. The van der Waals surface area contributed by atoms with Crippen molar-refractivity contribution in [1.82, 2.24) is 0 Å². The van der Waals surface area contributed by atoms with Crippen LogP contribution < -0.4 is 5.73 Å². The topological polar surface area (TPSA) is 65.5 Å². The van der Waals surface area contributed by atoms with Gasteiger partial charge in [0.15, 0.2) is 0 Å². The predicted octanol–water partition coefficient (Wildman–Crippen LogP) is 1.30. The number of esters is 1. The molecular weight excluding hydrogens is 220 g/mol. The lowest BCUT2D eigenvalue weighted by atomic mass is 10.0. The van der Waals surface area contributed by atoms with Gasteiger partial charge in [-0.05, 0) is 12.1 Å². The maximum absolute atomic E-state index is 13.2. The molecule has 16 heavy (non-hydrogen) atoms. The van der Waals surface area contributed by atoms with Crippen LogP contribution in [-0.2, 0) is 10.2 Å². The normalized spacial score (nSPS) is 26.5. The third-order valence-corrected chi connectivity index (χ3v) is 2.91. The standard InChI is InChI=1S/C10H11F2NO3/c1-15-8(14)6-2-3-7(16-6)9(5-13)4-10(9,11)12/h2-3H,4-5,13H2,1H3. The number of carbonyl (C=O) groups excluding carboxylic acids is 1. The van der Waals surface area contributed by atoms with Gasteiger partial charge >= 0.3 is 5.97 Å². The summed E-state index contributed by atoms with van der Waals surface area (Å²) >= 11 is 0. The molecule has 1 saturated carbocycles. The Hall–Kier alpha value is -1.43.